The van der Waals surface area contributed by atoms with Crippen molar-refractivity contribution in [3.8, 4) is 0 Å². The standard InChI is InChI=1S/C18H26N4O3/c19-13-5-3-12(4-6-13)18(24)22-8-7-14(10-22)20-17(23)15-9-16(25-21-15)11-1-2-11/h9,11-14H,1-8,10,19H2,(H,20,23)/t12?,13?,14-/m0/s1. The van der Waals surface area contributed by atoms with Gasteiger partial charge in [-0.05, 0) is 44.9 Å². The highest BCUT2D eigenvalue weighted by molar-refractivity contribution is 5.92. The molecule has 2 saturated carbocycles. The van der Waals surface area contributed by atoms with Crippen LogP contribution in [0.15, 0.2) is 10.6 Å². The molecule has 0 unspecified atom stereocenters. The number of nitrogens with one attached hydrogen (secondary N) is 1. The van der Waals surface area contributed by atoms with Gasteiger partial charge in [0.2, 0.25) is 5.91 Å². The van der Waals surface area contributed by atoms with E-state index in [0.29, 0.717) is 24.7 Å². The summed E-state index contributed by atoms with van der Waals surface area (Å²) in [5, 5.41) is 6.86. The van der Waals surface area contributed by atoms with Crippen LogP contribution in [0.2, 0.25) is 0 Å². The van der Waals surface area contributed by atoms with E-state index in [1.165, 1.54) is 0 Å². The van der Waals surface area contributed by atoms with Gasteiger partial charge >= 0.3 is 0 Å². The minimum Gasteiger partial charge on any atom is -0.360 e. The molecule has 3 fully saturated rings. The first-order valence-electron chi connectivity index (χ1n) is 9.42. The van der Waals surface area contributed by atoms with Gasteiger partial charge < -0.3 is 20.5 Å². The summed E-state index contributed by atoms with van der Waals surface area (Å²) in [6.45, 7) is 1.29. The van der Waals surface area contributed by atoms with Gasteiger partial charge in [0.1, 0.15) is 5.76 Å². The number of hydrogen-bond acceptors (Lipinski definition) is 5. The van der Waals surface area contributed by atoms with Crippen LogP contribution in [0.3, 0.4) is 0 Å². The van der Waals surface area contributed by atoms with Gasteiger partial charge in [-0.1, -0.05) is 5.16 Å². The molecule has 4 rings (SSSR count). The summed E-state index contributed by atoms with van der Waals surface area (Å²) < 4.78 is 5.24. The van der Waals surface area contributed by atoms with Crippen LogP contribution >= 0.6 is 0 Å². The molecule has 3 aliphatic rings. The molecule has 1 aromatic rings. The van der Waals surface area contributed by atoms with Gasteiger partial charge in [-0.2, -0.15) is 0 Å². The summed E-state index contributed by atoms with van der Waals surface area (Å²) in [6.07, 6.45) is 6.65. The molecule has 0 radical (unpaired) electrons. The smallest absolute Gasteiger partial charge is 0.273 e. The fraction of sp³-hybridized carbons (Fsp3) is 0.722. The van der Waals surface area contributed by atoms with E-state index in [1.54, 1.807) is 6.07 Å². The highest BCUT2D eigenvalue weighted by Crippen LogP contribution is 2.40. The molecule has 2 aliphatic carbocycles. The Hall–Kier alpha value is -1.89. The molecule has 1 atom stereocenters. The van der Waals surface area contributed by atoms with Crippen LogP contribution in [-0.2, 0) is 4.79 Å². The second-order valence-corrected chi connectivity index (χ2v) is 7.74. The van der Waals surface area contributed by atoms with Crippen molar-refractivity contribution in [3.05, 3.63) is 17.5 Å². The Morgan fingerprint density at radius 2 is 1.92 bits per heavy atom. The summed E-state index contributed by atoms with van der Waals surface area (Å²) in [5.74, 6) is 1.37. The van der Waals surface area contributed by atoms with Crippen LogP contribution < -0.4 is 11.1 Å². The molecule has 2 heterocycles. The third-order valence-corrected chi connectivity index (χ3v) is 5.70. The summed E-state index contributed by atoms with van der Waals surface area (Å²) >= 11 is 0. The molecule has 0 aromatic carbocycles. The van der Waals surface area contributed by atoms with E-state index in [1.807, 2.05) is 4.90 Å². The second-order valence-electron chi connectivity index (χ2n) is 7.74. The predicted molar refractivity (Wildman–Crippen MR) is 90.9 cm³/mol. The summed E-state index contributed by atoms with van der Waals surface area (Å²) in [6, 6.07) is 1.98. The second kappa shape index (κ2) is 6.78. The number of rotatable bonds is 4. The van der Waals surface area contributed by atoms with Crippen LogP contribution in [0, 0.1) is 5.92 Å². The van der Waals surface area contributed by atoms with Gasteiger partial charge in [0, 0.05) is 43.1 Å². The number of amides is 2. The maximum atomic E-state index is 12.6. The Morgan fingerprint density at radius 3 is 2.64 bits per heavy atom. The van der Waals surface area contributed by atoms with E-state index in [9.17, 15) is 9.59 Å². The molecule has 1 saturated heterocycles. The zero-order valence-electron chi connectivity index (χ0n) is 14.4. The fourth-order valence-corrected chi connectivity index (χ4v) is 3.92. The van der Waals surface area contributed by atoms with Gasteiger partial charge in [-0.3, -0.25) is 9.59 Å². The molecule has 1 aromatic heterocycles. The Morgan fingerprint density at radius 1 is 1.16 bits per heavy atom. The Labute approximate surface area is 147 Å². The minimum absolute atomic E-state index is 0.0108. The number of carbonyl (C=O) groups excluding carboxylic acids is 2. The Bertz CT molecular complexity index is 647. The summed E-state index contributed by atoms with van der Waals surface area (Å²) in [7, 11) is 0. The lowest BCUT2D eigenvalue weighted by Gasteiger charge is -2.28. The molecule has 0 bridgehead atoms. The SMILES string of the molecule is NC1CCC(C(=O)N2CC[C@H](NC(=O)c3cc(C4CC4)on3)C2)CC1. The van der Waals surface area contributed by atoms with Crippen molar-refractivity contribution in [2.45, 2.75) is 62.9 Å². The molecule has 3 N–H and O–H groups in total. The lowest BCUT2D eigenvalue weighted by Crippen LogP contribution is -2.41. The highest BCUT2D eigenvalue weighted by Gasteiger charge is 2.34. The number of carbonyl (C=O) groups is 2. The van der Waals surface area contributed by atoms with Crippen LogP contribution in [0.5, 0.6) is 0 Å². The molecule has 7 heteroatoms. The largest absolute Gasteiger partial charge is 0.360 e. The van der Waals surface area contributed by atoms with Crippen molar-refractivity contribution in [1.82, 2.24) is 15.4 Å². The van der Waals surface area contributed by atoms with Crippen molar-refractivity contribution in [1.29, 1.82) is 0 Å². The van der Waals surface area contributed by atoms with Crippen LogP contribution in [0.1, 0.15) is 67.1 Å². The van der Waals surface area contributed by atoms with E-state index in [0.717, 1.165) is 50.7 Å². The van der Waals surface area contributed by atoms with E-state index < -0.39 is 0 Å². The molecule has 1 aliphatic heterocycles. The molecule has 25 heavy (non-hydrogen) atoms. The number of nitrogens with zero attached hydrogens (tertiary/aromatic N) is 2. The van der Waals surface area contributed by atoms with Gasteiger partial charge in [-0.25, -0.2) is 0 Å². The first kappa shape index (κ1) is 16.6. The Kier molecular flexibility index (Phi) is 4.50. The fourth-order valence-electron chi connectivity index (χ4n) is 3.92. The van der Waals surface area contributed by atoms with Crippen LogP contribution in [0.4, 0.5) is 0 Å². The number of likely N-dealkylation sites (tertiary alicyclic amines) is 1. The van der Waals surface area contributed by atoms with Crippen molar-refractivity contribution in [2.75, 3.05) is 13.1 Å². The van der Waals surface area contributed by atoms with E-state index in [2.05, 4.69) is 10.5 Å². The monoisotopic (exact) mass is 346 g/mol. The van der Waals surface area contributed by atoms with Crippen LogP contribution in [-0.4, -0.2) is 47.0 Å². The Balaban J connectivity index is 1.28. The van der Waals surface area contributed by atoms with Crippen molar-refractivity contribution < 1.29 is 14.1 Å². The van der Waals surface area contributed by atoms with Gasteiger partial charge in [0.15, 0.2) is 5.69 Å². The molecular weight excluding hydrogens is 320 g/mol. The predicted octanol–water partition coefficient (Wildman–Crippen LogP) is 1.40. The van der Waals surface area contributed by atoms with Gasteiger partial charge in [0.25, 0.3) is 5.91 Å². The zero-order valence-corrected chi connectivity index (χ0v) is 14.4. The van der Waals surface area contributed by atoms with E-state index >= 15 is 0 Å². The van der Waals surface area contributed by atoms with E-state index in [-0.39, 0.29) is 29.8 Å². The lowest BCUT2D eigenvalue weighted by atomic mass is 9.85. The van der Waals surface area contributed by atoms with Gasteiger partial charge in [-0.15, -0.1) is 0 Å². The lowest BCUT2D eigenvalue weighted by molar-refractivity contribution is -0.135. The molecule has 136 valence electrons. The quantitative estimate of drug-likeness (QED) is 0.858. The number of hydrogen-bond donors (Lipinski definition) is 2. The molecular formula is C18H26N4O3. The number of nitrogens with two attached hydrogens (primary N) is 1. The molecule has 2 amide bonds. The highest BCUT2D eigenvalue weighted by atomic mass is 16.5. The zero-order chi connectivity index (χ0) is 17.4. The summed E-state index contributed by atoms with van der Waals surface area (Å²) in [4.78, 5) is 26.9. The third-order valence-electron chi connectivity index (χ3n) is 5.70. The molecule has 7 nitrogen and oxygen atoms in total. The third kappa shape index (κ3) is 3.71. The first-order chi connectivity index (χ1) is 12.1. The number of aromatic nitrogens is 1. The van der Waals surface area contributed by atoms with Crippen molar-refractivity contribution in [2.24, 2.45) is 11.7 Å². The summed E-state index contributed by atoms with van der Waals surface area (Å²) in [5.41, 5.74) is 6.26. The van der Waals surface area contributed by atoms with Crippen molar-refractivity contribution in [3.63, 3.8) is 0 Å². The van der Waals surface area contributed by atoms with Crippen LogP contribution in [0.25, 0.3) is 0 Å². The maximum absolute atomic E-state index is 12.6. The van der Waals surface area contributed by atoms with E-state index in [4.69, 9.17) is 10.3 Å². The van der Waals surface area contributed by atoms with Crippen molar-refractivity contribution >= 4 is 11.8 Å². The normalized spacial score (nSPS) is 29.6. The maximum Gasteiger partial charge on any atom is 0.273 e. The molecule has 0 spiro atoms. The average Bonchev–Trinajstić information content (AvgIpc) is 3.16. The topological polar surface area (TPSA) is 101 Å². The average molecular weight is 346 g/mol. The minimum atomic E-state index is -0.210. The first-order valence-corrected chi connectivity index (χ1v) is 9.42. The van der Waals surface area contributed by atoms with Gasteiger partial charge in [0.05, 0.1) is 0 Å².